The van der Waals surface area contributed by atoms with Gasteiger partial charge in [0.15, 0.2) is 5.65 Å². The standard InChI is InChI=1S/C21H26N8O3/c1-5-8-22-19(30)28-17-7-6-15-18(27-17)26-16(12-24-15)14-11-25-29(13-14)10-9-23-20(31)32-21(2,3)4/h5-7,11-13H,1,8-10H2,2-4H3,(H,23,31)(H2,22,26,27,28,30). The molecule has 3 heterocycles. The monoisotopic (exact) mass is 438 g/mol. The fraction of sp³-hybridized carbons (Fsp3) is 0.333. The number of carbonyl (C=O) groups is 2. The van der Waals surface area contributed by atoms with Gasteiger partial charge in [0, 0.05) is 24.8 Å². The molecule has 0 atom stereocenters. The summed E-state index contributed by atoms with van der Waals surface area (Å²) in [6.07, 6.45) is 6.21. The topological polar surface area (TPSA) is 136 Å². The Hall–Kier alpha value is -4.02. The predicted molar refractivity (Wildman–Crippen MR) is 120 cm³/mol. The highest BCUT2D eigenvalue weighted by atomic mass is 16.6. The first-order valence-corrected chi connectivity index (χ1v) is 10.0. The van der Waals surface area contributed by atoms with Crippen LogP contribution in [0.3, 0.4) is 0 Å². The Bertz CT molecular complexity index is 1120. The Balaban J connectivity index is 1.65. The zero-order valence-corrected chi connectivity index (χ0v) is 18.3. The van der Waals surface area contributed by atoms with Crippen molar-refractivity contribution in [2.24, 2.45) is 0 Å². The molecule has 0 aromatic carbocycles. The lowest BCUT2D eigenvalue weighted by atomic mass is 10.2. The largest absolute Gasteiger partial charge is 0.444 e. The van der Waals surface area contributed by atoms with Crippen molar-refractivity contribution in [3.63, 3.8) is 0 Å². The first-order valence-electron chi connectivity index (χ1n) is 10.0. The molecule has 0 spiro atoms. The van der Waals surface area contributed by atoms with Gasteiger partial charge < -0.3 is 15.4 Å². The molecule has 0 bridgehead atoms. The molecule has 0 radical (unpaired) electrons. The highest BCUT2D eigenvalue weighted by molar-refractivity contribution is 5.89. The van der Waals surface area contributed by atoms with Gasteiger partial charge in [-0.15, -0.1) is 6.58 Å². The molecule has 0 aliphatic rings. The third-order valence-electron chi connectivity index (χ3n) is 3.99. The summed E-state index contributed by atoms with van der Waals surface area (Å²) in [5, 5.41) is 12.2. The Labute approximate surface area is 185 Å². The van der Waals surface area contributed by atoms with E-state index in [4.69, 9.17) is 4.74 Å². The number of rotatable bonds is 7. The number of alkyl carbamates (subject to hydrolysis) is 1. The first-order chi connectivity index (χ1) is 15.2. The number of anilines is 1. The molecular formula is C21H26N8O3. The van der Waals surface area contributed by atoms with Crippen molar-refractivity contribution in [3.05, 3.63) is 43.4 Å². The average molecular weight is 438 g/mol. The second kappa shape index (κ2) is 9.86. The summed E-state index contributed by atoms with van der Waals surface area (Å²) < 4.78 is 6.89. The summed E-state index contributed by atoms with van der Waals surface area (Å²) in [7, 11) is 0. The normalized spacial score (nSPS) is 11.1. The number of fused-ring (bicyclic) bond motifs is 1. The van der Waals surface area contributed by atoms with E-state index in [1.807, 2.05) is 20.8 Å². The van der Waals surface area contributed by atoms with Gasteiger partial charge >= 0.3 is 12.1 Å². The summed E-state index contributed by atoms with van der Waals surface area (Å²) in [6.45, 7) is 10.2. The summed E-state index contributed by atoms with van der Waals surface area (Å²) in [6, 6.07) is 3.00. The fourth-order valence-corrected chi connectivity index (χ4v) is 2.64. The van der Waals surface area contributed by atoms with Crippen molar-refractivity contribution in [1.29, 1.82) is 0 Å². The van der Waals surface area contributed by atoms with Crippen molar-refractivity contribution in [3.8, 4) is 11.3 Å². The van der Waals surface area contributed by atoms with Crippen LogP contribution >= 0.6 is 0 Å². The van der Waals surface area contributed by atoms with Gasteiger partial charge in [-0.3, -0.25) is 15.0 Å². The highest BCUT2D eigenvalue weighted by Gasteiger charge is 2.15. The maximum absolute atomic E-state index is 11.8. The van der Waals surface area contributed by atoms with Gasteiger partial charge in [-0.2, -0.15) is 5.10 Å². The fourth-order valence-electron chi connectivity index (χ4n) is 2.64. The van der Waals surface area contributed by atoms with Crippen LogP contribution in [0.5, 0.6) is 0 Å². The molecule has 0 aliphatic carbocycles. The number of urea groups is 1. The molecular weight excluding hydrogens is 412 g/mol. The predicted octanol–water partition coefficient (Wildman–Crippen LogP) is 2.72. The maximum Gasteiger partial charge on any atom is 0.407 e. The lowest BCUT2D eigenvalue weighted by molar-refractivity contribution is 0.0525. The second-order valence-corrected chi connectivity index (χ2v) is 7.84. The SMILES string of the molecule is C=CCNC(=O)Nc1ccc2ncc(-c3cnn(CCNC(=O)OC(C)(C)C)c3)nc2n1. The smallest absolute Gasteiger partial charge is 0.407 e. The molecule has 0 unspecified atom stereocenters. The van der Waals surface area contributed by atoms with Gasteiger partial charge in [0.25, 0.3) is 0 Å². The minimum atomic E-state index is -0.545. The van der Waals surface area contributed by atoms with Crippen LogP contribution in [0.1, 0.15) is 20.8 Å². The van der Waals surface area contributed by atoms with Gasteiger partial charge in [-0.25, -0.2) is 19.6 Å². The first kappa shape index (κ1) is 22.7. The van der Waals surface area contributed by atoms with Crippen LogP contribution in [0.2, 0.25) is 0 Å². The van der Waals surface area contributed by atoms with Crippen molar-refractivity contribution < 1.29 is 14.3 Å². The number of nitrogens with zero attached hydrogens (tertiary/aromatic N) is 5. The molecule has 168 valence electrons. The molecule has 3 aromatic rings. The van der Waals surface area contributed by atoms with Crippen LogP contribution in [0.15, 0.2) is 43.4 Å². The van der Waals surface area contributed by atoms with Crippen molar-refractivity contribution >= 4 is 29.1 Å². The Kier molecular flexibility index (Phi) is 6.98. The molecule has 3 N–H and O–H groups in total. The van der Waals surface area contributed by atoms with Gasteiger partial charge in [0.1, 0.15) is 16.9 Å². The Morgan fingerprint density at radius 1 is 1.19 bits per heavy atom. The Morgan fingerprint density at radius 3 is 2.75 bits per heavy atom. The van der Waals surface area contributed by atoms with Crippen LogP contribution in [0, 0.1) is 0 Å². The van der Waals surface area contributed by atoms with E-state index in [1.165, 1.54) is 0 Å². The number of aromatic nitrogens is 5. The van der Waals surface area contributed by atoms with E-state index in [2.05, 4.69) is 42.6 Å². The van der Waals surface area contributed by atoms with E-state index in [9.17, 15) is 9.59 Å². The number of hydrogen-bond donors (Lipinski definition) is 3. The van der Waals surface area contributed by atoms with E-state index < -0.39 is 11.7 Å². The summed E-state index contributed by atoms with van der Waals surface area (Å²) >= 11 is 0. The molecule has 0 fully saturated rings. The quantitative estimate of drug-likeness (QED) is 0.483. The van der Waals surface area contributed by atoms with Crippen LogP contribution < -0.4 is 16.0 Å². The molecule has 0 saturated heterocycles. The van der Waals surface area contributed by atoms with Crippen LogP contribution in [0.25, 0.3) is 22.4 Å². The van der Waals surface area contributed by atoms with E-state index in [0.717, 1.165) is 5.56 Å². The van der Waals surface area contributed by atoms with Gasteiger partial charge in [0.2, 0.25) is 0 Å². The molecule has 0 saturated carbocycles. The third kappa shape index (κ3) is 6.49. The summed E-state index contributed by atoms with van der Waals surface area (Å²) in [5.41, 5.74) is 1.78. The summed E-state index contributed by atoms with van der Waals surface area (Å²) in [5.74, 6) is 0.356. The third-order valence-corrected chi connectivity index (χ3v) is 3.99. The van der Waals surface area contributed by atoms with Crippen LogP contribution in [-0.4, -0.2) is 55.5 Å². The van der Waals surface area contributed by atoms with Crippen LogP contribution in [-0.2, 0) is 11.3 Å². The van der Waals surface area contributed by atoms with Crippen LogP contribution in [0.4, 0.5) is 15.4 Å². The van der Waals surface area contributed by atoms with Gasteiger partial charge in [-0.1, -0.05) is 6.08 Å². The molecule has 3 amide bonds. The number of nitrogens with one attached hydrogen (secondary N) is 3. The van der Waals surface area contributed by atoms with Gasteiger partial charge in [0.05, 0.1) is 24.6 Å². The number of carbonyl (C=O) groups excluding carboxylic acids is 2. The minimum absolute atomic E-state index is 0.348. The van der Waals surface area contributed by atoms with E-state index in [0.29, 0.717) is 42.3 Å². The molecule has 0 aliphatic heterocycles. The number of amides is 3. The van der Waals surface area contributed by atoms with Gasteiger partial charge in [-0.05, 0) is 32.9 Å². The van der Waals surface area contributed by atoms with Crippen molar-refractivity contribution in [1.82, 2.24) is 35.4 Å². The zero-order chi connectivity index (χ0) is 23.1. The van der Waals surface area contributed by atoms with E-state index >= 15 is 0 Å². The molecule has 11 heteroatoms. The average Bonchev–Trinajstić information content (AvgIpc) is 3.19. The lowest BCUT2D eigenvalue weighted by Crippen LogP contribution is -2.34. The minimum Gasteiger partial charge on any atom is -0.444 e. The van der Waals surface area contributed by atoms with Crippen molar-refractivity contribution in [2.45, 2.75) is 32.9 Å². The molecule has 3 rings (SSSR count). The van der Waals surface area contributed by atoms with Crippen molar-refractivity contribution in [2.75, 3.05) is 18.4 Å². The Morgan fingerprint density at radius 2 is 2.00 bits per heavy atom. The summed E-state index contributed by atoms with van der Waals surface area (Å²) in [4.78, 5) is 36.8. The number of pyridine rings is 1. The highest BCUT2D eigenvalue weighted by Crippen LogP contribution is 2.19. The zero-order valence-electron chi connectivity index (χ0n) is 18.3. The molecule has 11 nitrogen and oxygen atoms in total. The van der Waals surface area contributed by atoms with E-state index in [-0.39, 0.29) is 6.03 Å². The lowest BCUT2D eigenvalue weighted by Gasteiger charge is -2.19. The second-order valence-electron chi connectivity index (χ2n) is 7.84. The molecule has 3 aromatic heterocycles. The van der Waals surface area contributed by atoms with E-state index in [1.54, 1.807) is 41.5 Å². The number of ether oxygens (including phenoxy) is 1. The molecule has 32 heavy (non-hydrogen) atoms. The maximum atomic E-state index is 11.8. The number of hydrogen-bond acceptors (Lipinski definition) is 7.